The van der Waals surface area contributed by atoms with E-state index in [0.717, 1.165) is 13.2 Å². The fourth-order valence-corrected chi connectivity index (χ4v) is 4.24. The number of aryl methyl sites for hydroxylation is 1. The highest BCUT2D eigenvalue weighted by Crippen LogP contribution is 2.35. The topological polar surface area (TPSA) is 18.5 Å². The first-order valence-corrected chi connectivity index (χ1v) is 10.3. The normalized spacial score (nSPS) is 30.6. The van der Waals surface area contributed by atoms with Crippen LogP contribution in [0.1, 0.15) is 62.5 Å². The lowest BCUT2D eigenvalue weighted by atomic mass is 9.81. The van der Waals surface area contributed by atoms with Crippen molar-refractivity contribution in [1.29, 1.82) is 0 Å². The second kappa shape index (κ2) is 9.75. The van der Waals surface area contributed by atoms with Gasteiger partial charge in [-0.2, -0.15) is 0 Å². The Morgan fingerprint density at radius 2 is 1.72 bits per heavy atom. The van der Waals surface area contributed by atoms with Gasteiger partial charge < -0.3 is 9.47 Å². The number of hydrogen-bond acceptors (Lipinski definition) is 2. The first-order valence-electron chi connectivity index (χ1n) is 9.89. The maximum Gasteiger partial charge on any atom is 0.160 e. The van der Waals surface area contributed by atoms with Gasteiger partial charge in [0.2, 0.25) is 0 Å². The van der Waals surface area contributed by atoms with Gasteiger partial charge in [-0.1, -0.05) is 55.3 Å². The smallest absolute Gasteiger partial charge is 0.160 e. The lowest BCUT2D eigenvalue weighted by Gasteiger charge is -2.37. The Morgan fingerprint density at radius 1 is 1.04 bits per heavy atom. The van der Waals surface area contributed by atoms with E-state index in [0.29, 0.717) is 17.8 Å². The van der Waals surface area contributed by atoms with Crippen molar-refractivity contribution in [3.63, 3.8) is 0 Å². The van der Waals surface area contributed by atoms with Crippen molar-refractivity contribution in [2.45, 2.75) is 64.1 Å². The van der Waals surface area contributed by atoms with Crippen molar-refractivity contribution in [2.75, 3.05) is 13.2 Å². The Labute approximate surface area is 157 Å². The summed E-state index contributed by atoms with van der Waals surface area (Å²) in [6, 6.07) is 9.05. The Balaban J connectivity index is 1.45. The highest BCUT2D eigenvalue weighted by Gasteiger charge is 2.32. The zero-order chi connectivity index (χ0) is 17.5. The van der Waals surface area contributed by atoms with Crippen LogP contribution in [0.25, 0.3) is 0 Å². The molecule has 0 unspecified atom stereocenters. The molecule has 3 rings (SSSR count). The molecule has 1 aliphatic carbocycles. The predicted octanol–water partition coefficient (Wildman–Crippen LogP) is 6.04. The van der Waals surface area contributed by atoms with Crippen LogP contribution in [0.5, 0.6) is 0 Å². The van der Waals surface area contributed by atoms with Gasteiger partial charge >= 0.3 is 0 Å². The van der Waals surface area contributed by atoms with E-state index in [1.165, 1.54) is 56.1 Å². The molecular formula is C22H31ClO2. The van der Waals surface area contributed by atoms with Crippen LogP contribution in [0.15, 0.2) is 35.9 Å². The molecule has 1 aromatic rings. The third kappa shape index (κ3) is 5.32. The molecule has 1 saturated heterocycles. The number of benzene rings is 1. The fourth-order valence-electron chi connectivity index (χ4n) is 4.03. The molecule has 1 aromatic carbocycles. The van der Waals surface area contributed by atoms with Crippen molar-refractivity contribution in [1.82, 2.24) is 0 Å². The summed E-state index contributed by atoms with van der Waals surface area (Å²) in [4.78, 5) is 0. The third-order valence-corrected chi connectivity index (χ3v) is 5.89. The first kappa shape index (κ1) is 18.9. The lowest BCUT2D eigenvalue weighted by molar-refractivity contribution is -0.217. The molecule has 1 saturated carbocycles. The van der Waals surface area contributed by atoms with Crippen molar-refractivity contribution in [3.8, 4) is 0 Å². The van der Waals surface area contributed by atoms with Gasteiger partial charge in [-0.25, -0.2) is 0 Å². The standard InChI is InChI=1S/C22H31ClO2/c1-2-3-4-17-5-9-19(10-6-17)21-15-24-22(25-16-21)20-11-7-18(8-12-20)13-14-23/h5-6,9-10,13-14,18,20-22H,2-4,7-8,11-12,15-16H2,1H3. The maximum absolute atomic E-state index is 6.11. The predicted molar refractivity (Wildman–Crippen MR) is 104 cm³/mol. The van der Waals surface area contributed by atoms with E-state index in [4.69, 9.17) is 21.1 Å². The molecule has 1 aliphatic heterocycles. The van der Waals surface area contributed by atoms with E-state index in [9.17, 15) is 0 Å². The summed E-state index contributed by atoms with van der Waals surface area (Å²) in [6.07, 6.45) is 10.5. The number of unbranched alkanes of at least 4 members (excludes halogenated alkanes) is 1. The van der Waals surface area contributed by atoms with Crippen molar-refractivity contribution >= 4 is 11.6 Å². The molecular weight excluding hydrogens is 332 g/mol. The summed E-state index contributed by atoms with van der Waals surface area (Å²) < 4.78 is 12.2. The molecule has 25 heavy (non-hydrogen) atoms. The molecule has 1 heterocycles. The number of allylic oxidation sites excluding steroid dienone is 1. The lowest BCUT2D eigenvalue weighted by Crippen LogP contribution is -2.37. The molecule has 138 valence electrons. The molecule has 2 nitrogen and oxygen atoms in total. The SMILES string of the molecule is CCCCc1ccc(C2COC(C3CCC(C=CCl)CC3)OC2)cc1. The molecule has 0 aromatic heterocycles. The summed E-state index contributed by atoms with van der Waals surface area (Å²) in [5.74, 6) is 1.54. The van der Waals surface area contributed by atoms with Gasteiger partial charge in [-0.3, -0.25) is 0 Å². The van der Waals surface area contributed by atoms with Crippen LogP contribution < -0.4 is 0 Å². The summed E-state index contributed by atoms with van der Waals surface area (Å²) >= 11 is 5.70. The van der Waals surface area contributed by atoms with Gasteiger partial charge in [-0.05, 0) is 55.6 Å². The molecule has 0 spiro atoms. The van der Waals surface area contributed by atoms with E-state index >= 15 is 0 Å². The number of rotatable bonds is 6. The van der Waals surface area contributed by atoms with Crippen LogP contribution >= 0.6 is 11.6 Å². The average Bonchev–Trinajstić information content (AvgIpc) is 2.68. The van der Waals surface area contributed by atoms with Crippen LogP contribution in [0.3, 0.4) is 0 Å². The monoisotopic (exact) mass is 362 g/mol. The molecule has 0 radical (unpaired) electrons. The van der Waals surface area contributed by atoms with Crippen LogP contribution in [0, 0.1) is 11.8 Å². The fraction of sp³-hybridized carbons (Fsp3) is 0.636. The van der Waals surface area contributed by atoms with Gasteiger partial charge in [0.05, 0.1) is 13.2 Å². The number of ether oxygens (including phenoxy) is 2. The molecule has 0 bridgehead atoms. The van der Waals surface area contributed by atoms with Crippen molar-refractivity contribution < 1.29 is 9.47 Å². The minimum absolute atomic E-state index is 0.0130. The Morgan fingerprint density at radius 3 is 2.32 bits per heavy atom. The maximum atomic E-state index is 6.11. The third-order valence-electron chi connectivity index (χ3n) is 5.74. The Hall–Kier alpha value is -0.830. The Kier molecular flexibility index (Phi) is 7.39. The van der Waals surface area contributed by atoms with Crippen molar-refractivity contribution in [3.05, 3.63) is 47.0 Å². The van der Waals surface area contributed by atoms with E-state index in [2.05, 4.69) is 37.3 Å². The van der Waals surface area contributed by atoms with Gasteiger partial charge in [0.25, 0.3) is 0 Å². The summed E-state index contributed by atoms with van der Waals surface area (Å²) in [7, 11) is 0. The van der Waals surface area contributed by atoms with Crippen LogP contribution in [0.2, 0.25) is 0 Å². The van der Waals surface area contributed by atoms with Crippen LogP contribution in [-0.2, 0) is 15.9 Å². The molecule has 0 N–H and O–H groups in total. The average molecular weight is 363 g/mol. The largest absolute Gasteiger partial charge is 0.352 e. The van der Waals surface area contributed by atoms with Gasteiger partial charge in [-0.15, -0.1) is 0 Å². The van der Waals surface area contributed by atoms with Gasteiger partial charge in [0.15, 0.2) is 6.29 Å². The summed E-state index contributed by atoms with van der Waals surface area (Å²) in [6.45, 7) is 3.80. The highest BCUT2D eigenvalue weighted by molar-refractivity contribution is 6.25. The second-order valence-electron chi connectivity index (χ2n) is 7.57. The zero-order valence-electron chi connectivity index (χ0n) is 15.3. The quantitative estimate of drug-likeness (QED) is 0.613. The molecule has 2 fully saturated rings. The van der Waals surface area contributed by atoms with E-state index in [1.54, 1.807) is 5.54 Å². The highest BCUT2D eigenvalue weighted by atomic mass is 35.5. The second-order valence-corrected chi connectivity index (χ2v) is 7.82. The Bertz CT molecular complexity index is 523. The minimum atomic E-state index is -0.0130. The molecule has 2 aliphatic rings. The van der Waals surface area contributed by atoms with Crippen molar-refractivity contribution in [2.24, 2.45) is 11.8 Å². The van der Waals surface area contributed by atoms with Gasteiger partial charge in [0.1, 0.15) is 0 Å². The molecule has 0 amide bonds. The minimum Gasteiger partial charge on any atom is -0.352 e. The van der Waals surface area contributed by atoms with Gasteiger partial charge in [0, 0.05) is 17.4 Å². The summed E-state index contributed by atoms with van der Waals surface area (Å²) in [5, 5.41) is 0. The number of hydrogen-bond donors (Lipinski definition) is 0. The van der Waals surface area contributed by atoms with Crippen LogP contribution in [-0.4, -0.2) is 19.5 Å². The summed E-state index contributed by atoms with van der Waals surface area (Å²) in [5.41, 5.74) is 4.44. The zero-order valence-corrected chi connectivity index (χ0v) is 16.1. The van der Waals surface area contributed by atoms with E-state index < -0.39 is 0 Å². The van der Waals surface area contributed by atoms with E-state index in [1.807, 2.05) is 0 Å². The number of halogens is 1. The molecule has 0 atom stereocenters. The van der Waals surface area contributed by atoms with E-state index in [-0.39, 0.29) is 6.29 Å². The molecule has 3 heteroatoms. The van der Waals surface area contributed by atoms with Crippen LogP contribution in [0.4, 0.5) is 0 Å². The first-order chi connectivity index (χ1) is 12.3.